The van der Waals surface area contributed by atoms with Gasteiger partial charge in [0.05, 0.1) is 6.61 Å². The van der Waals surface area contributed by atoms with E-state index in [0.717, 1.165) is 23.5 Å². The van der Waals surface area contributed by atoms with Crippen LogP contribution in [0, 0.1) is 0 Å². The number of ether oxygens (including phenoxy) is 1. The number of methoxy groups -OCH3 is 1. The van der Waals surface area contributed by atoms with Crippen LogP contribution in [0.2, 0.25) is 0 Å². The highest BCUT2D eigenvalue weighted by Gasteiger charge is 1.95. The van der Waals surface area contributed by atoms with Gasteiger partial charge in [-0.15, -0.1) is 0 Å². The highest BCUT2D eigenvalue weighted by Crippen LogP contribution is 2.03. The van der Waals surface area contributed by atoms with Crippen LogP contribution < -0.4 is 0 Å². The summed E-state index contributed by atoms with van der Waals surface area (Å²) in [6.45, 7) is 0.731. The molecule has 0 saturated heterocycles. The van der Waals surface area contributed by atoms with E-state index in [1.807, 2.05) is 0 Å². The summed E-state index contributed by atoms with van der Waals surface area (Å²) in [4.78, 5) is 7.01. The van der Waals surface area contributed by atoms with Gasteiger partial charge >= 0.3 is 0 Å². The van der Waals surface area contributed by atoms with Gasteiger partial charge in [-0.2, -0.15) is 0 Å². The van der Waals surface area contributed by atoms with Crippen molar-refractivity contribution in [1.29, 1.82) is 0 Å². The van der Waals surface area contributed by atoms with E-state index in [4.69, 9.17) is 4.74 Å². The fourth-order valence-electron chi connectivity index (χ4n) is 0.671. The fraction of sp³-hybridized carbons (Fsp3) is 0.500. The minimum absolute atomic E-state index is 0.731. The third-order valence-corrected chi connectivity index (χ3v) is 1.58. The minimum Gasteiger partial charge on any atom is -0.384 e. The average molecular weight is 205 g/mol. The van der Waals surface area contributed by atoms with Crippen molar-refractivity contribution >= 4 is 15.9 Å². The van der Waals surface area contributed by atoms with Crippen molar-refractivity contribution in [3.8, 4) is 0 Å². The maximum Gasteiger partial charge on any atom is 0.174 e. The van der Waals surface area contributed by atoms with Gasteiger partial charge in [-0.1, -0.05) is 0 Å². The first-order valence-corrected chi connectivity index (χ1v) is 3.80. The number of rotatable bonds is 3. The van der Waals surface area contributed by atoms with Crippen LogP contribution in [0.3, 0.4) is 0 Å². The second kappa shape index (κ2) is 3.73. The molecule has 0 aliphatic carbocycles. The van der Waals surface area contributed by atoms with Gasteiger partial charge in [-0.05, 0) is 15.9 Å². The van der Waals surface area contributed by atoms with Gasteiger partial charge in [0.2, 0.25) is 0 Å². The van der Waals surface area contributed by atoms with Gasteiger partial charge in [-0.3, -0.25) is 0 Å². The highest BCUT2D eigenvalue weighted by atomic mass is 79.9. The standard InChI is InChI=1S/C6H9BrN2O/c1-10-3-2-5-4-8-6(7)9-5/h4H,2-3H2,1H3,(H,8,9). The van der Waals surface area contributed by atoms with Crippen LogP contribution in [0.5, 0.6) is 0 Å². The minimum atomic E-state index is 0.731. The summed E-state index contributed by atoms with van der Waals surface area (Å²) in [6.07, 6.45) is 2.68. The first-order valence-electron chi connectivity index (χ1n) is 3.01. The molecular weight excluding hydrogens is 196 g/mol. The van der Waals surface area contributed by atoms with Crippen LogP contribution in [0.1, 0.15) is 5.69 Å². The lowest BCUT2D eigenvalue weighted by molar-refractivity contribution is 0.201. The molecule has 10 heavy (non-hydrogen) atoms. The summed E-state index contributed by atoms with van der Waals surface area (Å²) in [7, 11) is 1.69. The van der Waals surface area contributed by atoms with Gasteiger partial charge in [0, 0.05) is 25.4 Å². The molecule has 0 spiro atoms. The smallest absolute Gasteiger partial charge is 0.174 e. The Bertz CT molecular complexity index is 199. The van der Waals surface area contributed by atoms with Gasteiger partial charge in [0.25, 0.3) is 0 Å². The number of aromatic nitrogens is 2. The molecule has 0 aliphatic heterocycles. The molecule has 1 N–H and O–H groups in total. The SMILES string of the molecule is COCCc1cnc(Br)[nH]1. The molecule has 1 aromatic heterocycles. The quantitative estimate of drug-likeness (QED) is 0.808. The lowest BCUT2D eigenvalue weighted by Crippen LogP contribution is -1.93. The zero-order valence-corrected chi connectivity index (χ0v) is 7.31. The second-order valence-corrected chi connectivity index (χ2v) is 2.69. The number of hydrogen-bond acceptors (Lipinski definition) is 2. The van der Waals surface area contributed by atoms with E-state index in [-0.39, 0.29) is 0 Å². The van der Waals surface area contributed by atoms with E-state index in [1.54, 1.807) is 13.3 Å². The lowest BCUT2D eigenvalue weighted by Gasteiger charge is -1.93. The van der Waals surface area contributed by atoms with Gasteiger partial charge in [0.1, 0.15) is 0 Å². The Morgan fingerprint density at radius 2 is 2.60 bits per heavy atom. The molecule has 4 heteroatoms. The number of aromatic amines is 1. The van der Waals surface area contributed by atoms with Crippen LogP contribution in [-0.2, 0) is 11.2 Å². The Morgan fingerprint density at radius 3 is 3.10 bits per heavy atom. The zero-order valence-electron chi connectivity index (χ0n) is 5.72. The Kier molecular flexibility index (Phi) is 2.89. The molecule has 1 heterocycles. The summed E-state index contributed by atoms with van der Waals surface area (Å²) < 4.78 is 5.67. The molecule has 0 unspecified atom stereocenters. The number of halogens is 1. The summed E-state index contributed by atoms with van der Waals surface area (Å²) in [5.41, 5.74) is 1.09. The second-order valence-electron chi connectivity index (χ2n) is 1.94. The molecule has 0 bridgehead atoms. The van der Waals surface area contributed by atoms with Crippen molar-refractivity contribution in [2.45, 2.75) is 6.42 Å². The topological polar surface area (TPSA) is 37.9 Å². The van der Waals surface area contributed by atoms with Crippen LogP contribution in [0.15, 0.2) is 10.9 Å². The predicted octanol–water partition coefficient (Wildman–Crippen LogP) is 1.36. The van der Waals surface area contributed by atoms with Crippen molar-refractivity contribution in [2.24, 2.45) is 0 Å². The van der Waals surface area contributed by atoms with Crippen molar-refractivity contribution in [2.75, 3.05) is 13.7 Å². The third kappa shape index (κ3) is 2.11. The van der Waals surface area contributed by atoms with Crippen LogP contribution >= 0.6 is 15.9 Å². The van der Waals surface area contributed by atoms with Gasteiger partial charge in [0.15, 0.2) is 4.73 Å². The normalized spacial score (nSPS) is 10.2. The first kappa shape index (κ1) is 7.75. The third-order valence-electron chi connectivity index (χ3n) is 1.17. The average Bonchev–Trinajstić information content (AvgIpc) is 2.31. The van der Waals surface area contributed by atoms with E-state index >= 15 is 0 Å². The van der Waals surface area contributed by atoms with Crippen LogP contribution in [0.4, 0.5) is 0 Å². The van der Waals surface area contributed by atoms with E-state index in [9.17, 15) is 0 Å². The maximum atomic E-state index is 4.89. The predicted molar refractivity (Wildman–Crippen MR) is 41.9 cm³/mol. The Hall–Kier alpha value is -0.350. The largest absolute Gasteiger partial charge is 0.384 e. The Labute approximate surface area is 67.9 Å². The maximum absolute atomic E-state index is 4.89. The van der Waals surface area contributed by atoms with Crippen molar-refractivity contribution in [1.82, 2.24) is 9.97 Å². The number of nitrogens with zero attached hydrogens (tertiary/aromatic N) is 1. The molecule has 0 radical (unpaired) electrons. The molecule has 1 rings (SSSR count). The summed E-state index contributed by atoms with van der Waals surface area (Å²) in [6, 6.07) is 0. The zero-order chi connectivity index (χ0) is 7.40. The lowest BCUT2D eigenvalue weighted by atomic mass is 10.4. The molecule has 0 aliphatic rings. The van der Waals surface area contributed by atoms with Gasteiger partial charge in [-0.25, -0.2) is 4.98 Å². The molecule has 56 valence electrons. The van der Waals surface area contributed by atoms with E-state index in [1.165, 1.54) is 0 Å². The van der Waals surface area contributed by atoms with Crippen LogP contribution in [0.25, 0.3) is 0 Å². The number of imidazole rings is 1. The molecule has 1 aromatic rings. The van der Waals surface area contributed by atoms with Crippen molar-refractivity contribution in [3.63, 3.8) is 0 Å². The number of hydrogen-bond donors (Lipinski definition) is 1. The Balaban J connectivity index is 2.42. The Morgan fingerprint density at radius 1 is 1.80 bits per heavy atom. The highest BCUT2D eigenvalue weighted by molar-refractivity contribution is 9.10. The molecule has 0 amide bonds. The van der Waals surface area contributed by atoms with E-state index in [2.05, 4.69) is 25.9 Å². The molecule has 0 atom stereocenters. The fourth-order valence-corrected chi connectivity index (χ4v) is 1.03. The number of nitrogens with one attached hydrogen (secondary N) is 1. The number of H-pyrrole nitrogens is 1. The molecule has 0 fully saturated rings. The monoisotopic (exact) mass is 204 g/mol. The summed E-state index contributed by atoms with van der Waals surface area (Å²) >= 11 is 3.22. The summed E-state index contributed by atoms with van der Waals surface area (Å²) in [5, 5.41) is 0. The molecule has 0 aromatic carbocycles. The molecule has 3 nitrogen and oxygen atoms in total. The van der Waals surface area contributed by atoms with E-state index < -0.39 is 0 Å². The first-order chi connectivity index (χ1) is 4.83. The van der Waals surface area contributed by atoms with Crippen LogP contribution in [-0.4, -0.2) is 23.7 Å². The van der Waals surface area contributed by atoms with Gasteiger partial charge < -0.3 is 9.72 Å². The summed E-state index contributed by atoms with van der Waals surface area (Å²) in [5.74, 6) is 0. The molecule has 0 saturated carbocycles. The molecular formula is C6H9BrN2O. The van der Waals surface area contributed by atoms with Crippen molar-refractivity contribution in [3.05, 3.63) is 16.6 Å². The van der Waals surface area contributed by atoms with Crippen molar-refractivity contribution < 1.29 is 4.74 Å². The van der Waals surface area contributed by atoms with E-state index in [0.29, 0.717) is 0 Å².